The summed E-state index contributed by atoms with van der Waals surface area (Å²) in [7, 11) is 0. The Kier molecular flexibility index (Phi) is 3.72. The zero-order valence-corrected chi connectivity index (χ0v) is 9.26. The molecule has 8 heteroatoms. The summed E-state index contributed by atoms with van der Waals surface area (Å²) in [6, 6.07) is 2.63. The molecular weight excluding hydrogens is 291 g/mol. The summed E-state index contributed by atoms with van der Waals surface area (Å²) in [5.74, 6) is -0.568. The molecule has 0 aliphatic carbocycles. The second-order valence-electron chi connectivity index (χ2n) is 2.64. The lowest BCUT2D eigenvalue weighted by Crippen LogP contribution is -2.18. The van der Waals surface area contributed by atoms with Gasteiger partial charge in [0, 0.05) is 12.6 Å². The highest BCUT2D eigenvalue weighted by Crippen LogP contribution is 2.30. The lowest BCUT2D eigenvalue weighted by molar-refractivity contribution is -0.275. The van der Waals surface area contributed by atoms with Crippen molar-refractivity contribution in [2.45, 2.75) is 12.9 Å². The number of ether oxygens (including phenoxy) is 1. The number of hydrogen-bond donors (Lipinski definition) is 1. The molecule has 0 amide bonds. The summed E-state index contributed by atoms with van der Waals surface area (Å²) in [5.41, 5.74) is 5.42. The van der Waals surface area contributed by atoms with E-state index in [0.717, 1.165) is 6.07 Å². The van der Waals surface area contributed by atoms with Crippen LogP contribution in [0.15, 0.2) is 10.7 Å². The second-order valence-corrected chi connectivity index (χ2v) is 3.39. The number of pyridine rings is 1. The number of halogens is 4. The number of alkyl halides is 3. The third-order valence-electron chi connectivity index (χ3n) is 1.56. The fraction of sp³-hybridized carbons (Fsp3) is 0.250. The third kappa shape index (κ3) is 3.08. The molecule has 0 unspecified atom stereocenters. The first-order valence-electron chi connectivity index (χ1n) is 3.92. The summed E-state index contributed by atoms with van der Waals surface area (Å²) in [5, 5.41) is 8.67. The molecule has 0 saturated carbocycles. The molecule has 1 aromatic heterocycles. The molecule has 0 aliphatic rings. The van der Waals surface area contributed by atoms with Crippen LogP contribution in [0.25, 0.3) is 0 Å². The van der Waals surface area contributed by atoms with Gasteiger partial charge in [0.05, 0.1) is 11.3 Å². The molecule has 0 spiro atoms. The summed E-state index contributed by atoms with van der Waals surface area (Å²) in [6.07, 6.45) is -4.83. The van der Waals surface area contributed by atoms with Gasteiger partial charge in [-0.3, -0.25) is 0 Å². The normalized spacial score (nSPS) is 11.0. The van der Waals surface area contributed by atoms with E-state index in [9.17, 15) is 13.2 Å². The van der Waals surface area contributed by atoms with E-state index in [2.05, 4.69) is 25.7 Å². The minimum absolute atomic E-state index is 0.0478. The molecule has 0 fully saturated rings. The molecule has 0 aliphatic heterocycles. The maximum Gasteiger partial charge on any atom is 0.573 e. The molecule has 4 nitrogen and oxygen atoms in total. The minimum atomic E-state index is -4.83. The van der Waals surface area contributed by atoms with Crippen LogP contribution < -0.4 is 10.5 Å². The molecule has 0 saturated heterocycles. The van der Waals surface area contributed by atoms with Crippen molar-refractivity contribution in [2.24, 2.45) is 5.73 Å². The largest absolute Gasteiger partial charge is 0.573 e. The van der Waals surface area contributed by atoms with Crippen LogP contribution in [0.1, 0.15) is 11.3 Å². The van der Waals surface area contributed by atoms with E-state index in [1.807, 2.05) is 0 Å². The Bertz CT molecular complexity index is 441. The van der Waals surface area contributed by atoms with Gasteiger partial charge in [0.15, 0.2) is 5.75 Å². The van der Waals surface area contributed by atoms with Gasteiger partial charge in [-0.2, -0.15) is 5.26 Å². The molecule has 16 heavy (non-hydrogen) atoms. The highest BCUT2D eigenvalue weighted by molar-refractivity contribution is 9.10. The molecule has 1 heterocycles. The Morgan fingerprint density at radius 3 is 2.62 bits per heavy atom. The van der Waals surface area contributed by atoms with Gasteiger partial charge < -0.3 is 10.5 Å². The van der Waals surface area contributed by atoms with E-state index in [0.29, 0.717) is 0 Å². The Morgan fingerprint density at radius 2 is 2.19 bits per heavy atom. The molecule has 86 valence electrons. The Hall–Kier alpha value is -1.33. The van der Waals surface area contributed by atoms with Gasteiger partial charge in [0.1, 0.15) is 10.7 Å². The number of nitrogens with zero attached hydrogens (tertiary/aromatic N) is 2. The van der Waals surface area contributed by atoms with E-state index < -0.39 is 12.1 Å². The quantitative estimate of drug-likeness (QED) is 0.848. The third-order valence-corrected chi connectivity index (χ3v) is 2.13. The van der Waals surface area contributed by atoms with E-state index in [1.54, 1.807) is 6.07 Å². The molecule has 1 aromatic rings. The first-order chi connectivity index (χ1) is 7.37. The van der Waals surface area contributed by atoms with Gasteiger partial charge in [-0.25, -0.2) is 4.98 Å². The highest BCUT2D eigenvalue weighted by Gasteiger charge is 2.32. The first kappa shape index (κ1) is 12.7. The maximum absolute atomic E-state index is 12.0. The lowest BCUT2D eigenvalue weighted by Gasteiger charge is -2.11. The minimum Gasteiger partial charge on any atom is -0.403 e. The van der Waals surface area contributed by atoms with Crippen molar-refractivity contribution in [1.29, 1.82) is 5.26 Å². The predicted molar refractivity (Wildman–Crippen MR) is 51.2 cm³/mol. The van der Waals surface area contributed by atoms with Crippen LogP contribution in [-0.4, -0.2) is 11.3 Å². The monoisotopic (exact) mass is 295 g/mol. The number of nitriles is 1. The number of nitrogens with two attached hydrogens (primary N) is 1. The van der Waals surface area contributed by atoms with Crippen LogP contribution in [0, 0.1) is 11.3 Å². The topological polar surface area (TPSA) is 71.9 Å². The van der Waals surface area contributed by atoms with Crippen LogP contribution >= 0.6 is 15.9 Å². The van der Waals surface area contributed by atoms with Crippen molar-refractivity contribution in [2.75, 3.05) is 0 Å². The van der Waals surface area contributed by atoms with Gasteiger partial charge >= 0.3 is 6.36 Å². The average Bonchev–Trinajstić information content (AvgIpc) is 2.18. The van der Waals surface area contributed by atoms with Crippen molar-refractivity contribution in [3.8, 4) is 11.8 Å². The van der Waals surface area contributed by atoms with E-state index in [4.69, 9.17) is 11.0 Å². The SMILES string of the molecule is N#Cc1cc(OC(F)(F)F)c(Br)nc1CN. The Labute approximate surface area is 97.0 Å². The van der Waals surface area contributed by atoms with Crippen molar-refractivity contribution >= 4 is 15.9 Å². The summed E-state index contributed by atoms with van der Waals surface area (Å²) >= 11 is 2.80. The first-order valence-corrected chi connectivity index (χ1v) is 4.72. The van der Waals surface area contributed by atoms with Gasteiger partial charge in [0.25, 0.3) is 0 Å². The van der Waals surface area contributed by atoms with Crippen molar-refractivity contribution < 1.29 is 17.9 Å². The molecule has 0 bridgehead atoms. The van der Waals surface area contributed by atoms with Crippen LogP contribution in [0.3, 0.4) is 0 Å². The molecule has 0 aromatic carbocycles. The number of hydrogen-bond acceptors (Lipinski definition) is 4. The van der Waals surface area contributed by atoms with E-state index >= 15 is 0 Å². The van der Waals surface area contributed by atoms with E-state index in [-0.39, 0.29) is 22.4 Å². The van der Waals surface area contributed by atoms with E-state index in [1.165, 1.54) is 0 Å². The average molecular weight is 296 g/mol. The second kappa shape index (κ2) is 4.67. The molecule has 0 atom stereocenters. The van der Waals surface area contributed by atoms with Crippen molar-refractivity contribution in [3.05, 3.63) is 21.9 Å². The van der Waals surface area contributed by atoms with Crippen LogP contribution in [0.4, 0.5) is 13.2 Å². The van der Waals surface area contributed by atoms with Crippen molar-refractivity contribution in [1.82, 2.24) is 4.98 Å². The van der Waals surface area contributed by atoms with Gasteiger partial charge in [-0.1, -0.05) is 0 Å². The van der Waals surface area contributed by atoms with Crippen molar-refractivity contribution in [3.63, 3.8) is 0 Å². The highest BCUT2D eigenvalue weighted by atomic mass is 79.9. The summed E-state index contributed by atoms with van der Waals surface area (Å²) in [6.45, 7) is -0.0478. The van der Waals surface area contributed by atoms with Gasteiger partial charge in [-0.15, -0.1) is 13.2 Å². The van der Waals surface area contributed by atoms with Crippen LogP contribution in [0.2, 0.25) is 0 Å². The Morgan fingerprint density at radius 1 is 1.56 bits per heavy atom. The molecule has 0 radical (unpaired) electrons. The summed E-state index contributed by atoms with van der Waals surface area (Å²) < 4.78 is 39.4. The zero-order valence-electron chi connectivity index (χ0n) is 7.68. The molecular formula is C8H5BrF3N3O. The standard InChI is InChI=1S/C8H5BrF3N3O/c9-7-6(16-8(10,11)12)1-4(2-13)5(3-14)15-7/h1H,3,14H2. The van der Waals surface area contributed by atoms with Crippen LogP contribution in [-0.2, 0) is 6.54 Å². The Balaban J connectivity index is 3.18. The molecule has 2 N–H and O–H groups in total. The predicted octanol–water partition coefficient (Wildman–Crippen LogP) is 2.07. The smallest absolute Gasteiger partial charge is 0.403 e. The van der Waals surface area contributed by atoms with Gasteiger partial charge in [0.2, 0.25) is 0 Å². The fourth-order valence-corrected chi connectivity index (χ4v) is 1.37. The fourth-order valence-electron chi connectivity index (χ4n) is 0.956. The number of rotatable bonds is 2. The lowest BCUT2D eigenvalue weighted by atomic mass is 10.2. The maximum atomic E-state index is 12.0. The molecule has 1 rings (SSSR count). The van der Waals surface area contributed by atoms with Gasteiger partial charge in [-0.05, 0) is 15.9 Å². The number of aromatic nitrogens is 1. The van der Waals surface area contributed by atoms with Crippen LogP contribution in [0.5, 0.6) is 5.75 Å². The zero-order chi connectivity index (χ0) is 12.3. The summed E-state index contributed by atoms with van der Waals surface area (Å²) in [4.78, 5) is 3.69.